The van der Waals surface area contributed by atoms with Crippen LogP contribution in [0.5, 0.6) is 5.75 Å². The first-order valence-electron chi connectivity index (χ1n) is 5.28. The van der Waals surface area contributed by atoms with E-state index in [0.717, 1.165) is 23.5 Å². The SMILES string of the molecule is CCOCCOc1ccc(CN)cc1C. The van der Waals surface area contributed by atoms with Gasteiger partial charge in [-0.1, -0.05) is 12.1 Å². The quantitative estimate of drug-likeness (QED) is 0.727. The zero-order valence-electron chi connectivity index (χ0n) is 9.45. The van der Waals surface area contributed by atoms with Crippen LogP contribution in [0.15, 0.2) is 18.2 Å². The van der Waals surface area contributed by atoms with Crippen molar-refractivity contribution in [1.29, 1.82) is 0 Å². The summed E-state index contributed by atoms with van der Waals surface area (Å²) >= 11 is 0. The molecular weight excluding hydrogens is 190 g/mol. The average molecular weight is 209 g/mol. The van der Waals surface area contributed by atoms with Gasteiger partial charge in [0.05, 0.1) is 6.61 Å². The summed E-state index contributed by atoms with van der Waals surface area (Å²) in [6, 6.07) is 6.00. The maximum Gasteiger partial charge on any atom is 0.122 e. The van der Waals surface area contributed by atoms with E-state index in [2.05, 4.69) is 6.07 Å². The molecule has 0 heterocycles. The van der Waals surface area contributed by atoms with Crippen LogP contribution in [-0.4, -0.2) is 19.8 Å². The molecular formula is C12H19NO2. The van der Waals surface area contributed by atoms with Crippen LogP contribution in [-0.2, 0) is 11.3 Å². The van der Waals surface area contributed by atoms with Crippen LogP contribution < -0.4 is 10.5 Å². The van der Waals surface area contributed by atoms with Gasteiger partial charge in [0, 0.05) is 13.2 Å². The van der Waals surface area contributed by atoms with Crippen molar-refractivity contribution in [2.75, 3.05) is 19.8 Å². The van der Waals surface area contributed by atoms with Gasteiger partial charge < -0.3 is 15.2 Å². The second-order valence-corrected chi connectivity index (χ2v) is 3.35. The molecule has 0 saturated carbocycles. The zero-order chi connectivity index (χ0) is 11.1. The number of hydrogen-bond donors (Lipinski definition) is 1. The Bertz CT molecular complexity index is 300. The maximum atomic E-state index is 5.57. The van der Waals surface area contributed by atoms with E-state index in [-0.39, 0.29) is 0 Å². The lowest BCUT2D eigenvalue weighted by Gasteiger charge is -2.10. The normalized spacial score (nSPS) is 10.3. The smallest absolute Gasteiger partial charge is 0.122 e. The highest BCUT2D eigenvalue weighted by Gasteiger charge is 2.00. The second-order valence-electron chi connectivity index (χ2n) is 3.35. The molecule has 0 atom stereocenters. The van der Waals surface area contributed by atoms with Gasteiger partial charge in [-0.3, -0.25) is 0 Å². The van der Waals surface area contributed by atoms with E-state index in [4.69, 9.17) is 15.2 Å². The Balaban J connectivity index is 2.47. The van der Waals surface area contributed by atoms with Gasteiger partial charge >= 0.3 is 0 Å². The van der Waals surface area contributed by atoms with Gasteiger partial charge in [-0.15, -0.1) is 0 Å². The molecule has 0 aliphatic heterocycles. The van der Waals surface area contributed by atoms with E-state index < -0.39 is 0 Å². The van der Waals surface area contributed by atoms with Crippen molar-refractivity contribution in [1.82, 2.24) is 0 Å². The third kappa shape index (κ3) is 3.90. The van der Waals surface area contributed by atoms with E-state index in [9.17, 15) is 0 Å². The van der Waals surface area contributed by atoms with Crippen molar-refractivity contribution in [2.24, 2.45) is 5.73 Å². The van der Waals surface area contributed by atoms with Crippen molar-refractivity contribution in [3.8, 4) is 5.75 Å². The summed E-state index contributed by atoms with van der Waals surface area (Å²) in [5, 5.41) is 0. The molecule has 2 N–H and O–H groups in total. The fourth-order valence-electron chi connectivity index (χ4n) is 1.36. The number of aryl methyl sites for hydroxylation is 1. The molecule has 0 aromatic heterocycles. The molecule has 0 aliphatic carbocycles. The lowest BCUT2D eigenvalue weighted by atomic mass is 10.1. The predicted octanol–water partition coefficient (Wildman–Crippen LogP) is 1.87. The minimum Gasteiger partial charge on any atom is -0.491 e. The standard InChI is InChI=1S/C12H19NO2/c1-3-14-6-7-15-12-5-4-11(9-13)8-10(12)2/h4-5,8H,3,6-7,9,13H2,1-2H3. The van der Waals surface area contributed by atoms with E-state index in [1.54, 1.807) is 0 Å². The van der Waals surface area contributed by atoms with Crippen LogP contribution in [0.25, 0.3) is 0 Å². The largest absolute Gasteiger partial charge is 0.491 e. The molecule has 0 aliphatic rings. The molecule has 0 radical (unpaired) electrons. The molecule has 3 nitrogen and oxygen atoms in total. The molecule has 0 spiro atoms. The number of nitrogens with two attached hydrogens (primary N) is 1. The Labute approximate surface area is 91.2 Å². The summed E-state index contributed by atoms with van der Waals surface area (Å²) in [4.78, 5) is 0. The highest BCUT2D eigenvalue weighted by Crippen LogP contribution is 2.18. The second kappa shape index (κ2) is 6.43. The lowest BCUT2D eigenvalue weighted by molar-refractivity contribution is 0.110. The number of hydrogen-bond acceptors (Lipinski definition) is 3. The first-order valence-corrected chi connectivity index (χ1v) is 5.28. The summed E-state index contributed by atoms with van der Waals surface area (Å²) in [6.07, 6.45) is 0. The molecule has 1 aromatic rings. The zero-order valence-corrected chi connectivity index (χ0v) is 9.45. The van der Waals surface area contributed by atoms with Gasteiger partial charge in [-0.05, 0) is 31.0 Å². The average Bonchev–Trinajstić information content (AvgIpc) is 2.26. The van der Waals surface area contributed by atoms with Gasteiger partial charge in [0.25, 0.3) is 0 Å². The monoisotopic (exact) mass is 209 g/mol. The molecule has 3 heteroatoms. The van der Waals surface area contributed by atoms with Crippen molar-refractivity contribution in [3.05, 3.63) is 29.3 Å². The Morgan fingerprint density at radius 1 is 1.27 bits per heavy atom. The van der Waals surface area contributed by atoms with Gasteiger partial charge in [0.2, 0.25) is 0 Å². The molecule has 0 amide bonds. The third-order valence-electron chi connectivity index (χ3n) is 2.16. The Morgan fingerprint density at radius 3 is 2.67 bits per heavy atom. The molecule has 0 bridgehead atoms. The van der Waals surface area contributed by atoms with Crippen molar-refractivity contribution in [2.45, 2.75) is 20.4 Å². The Kier molecular flexibility index (Phi) is 5.15. The highest BCUT2D eigenvalue weighted by molar-refractivity contribution is 5.36. The van der Waals surface area contributed by atoms with Crippen molar-refractivity contribution < 1.29 is 9.47 Å². The minimum absolute atomic E-state index is 0.570. The highest BCUT2D eigenvalue weighted by atomic mass is 16.5. The number of benzene rings is 1. The summed E-state index contributed by atoms with van der Waals surface area (Å²) in [7, 11) is 0. The van der Waals surface area contributed by atoms with E-state index in [1.807, 2.05) is 26.0 Å². The number of rotatable bonds is 6. The van der Waals surface area contributed by atoms with E-state index in [0.29, 0.717) is 19.8 Å². The molecule has 84 valence electrons. The molecule has 1 rings (SSSR count). The lowest BCUT2D eigenvalue weighted by Crippen LogP contribution is -2.07. The molecule has 15 heavy (non-hydrogen) atoms. The fraction of sp³-hybridized carbons (Fsp3) is 0.500. The maximum absolute atomic E-state index is 5.57. The first-order chi connectivity index (χ1) is 7.27. The van der Waals surface area contributed by atoms with Crippen LogP contribution in [0.2, 0.25) is 0 Å². The van der Waals surface area contributed by atoms with Gasteiger partial charge in [-0.25, -0.2) is 0 Å². The fourth-order valence-corrected chi connectivity index (χ4v) is 1.36. The summed E-state index contributed by atoms with van der Waals surface area (Å²) < 4.78 is 10.8. The summed E-state index contributed by atoms with van der Waals surface area (Å²) in [6.45, 7) is 6.52. The molecule has 0 fully saturated rings. The summed E-state index contributed by atoms with van der Waals surface area (Å²) in [5.74, 6) is 0.909. The van der Waals surface area contributed by atoms with Crippen LogP contribution in [0.1, 0.15) is 18.1 Å². The van der Waals surface area contributed by atoms with E-state index >= 15 is 0 Å². The third-order valence-corrected chi connectivity index (χ3v) is 2.16. The van der Waals surface area contributed by atoms with Gasteiger partial charge in [0.1, 0.15) is 12.4 Å². The topological polar surface area (TPSA) is 44.5 Å². The van der Waals surface area contributed by atoms with Crippen LogP contribution in [0, 0.1) is 6.92 Å². The molecule has 0 saturated heterocycles. The predicted molar refractivity (Wildman–Crippen MR) is 61.1 cm³/mol. The Morgan fingerprint density at radius 2 is 2.07 bits per heavy atom. The Hall–Kier alpha value is -1.06. The van der Waals surface area contributed by atoms with Gasteiger partial charge in [-0.2, -0.15) is 0 Å². The van der Waals surface area contributed by atoms with Crippen molar-refractivity contribution in [3.63, 3.8) is 0 Å². The van der Waals surface area contributed by atoms with Gasteiger partial charge in [0.15, 0.2) is 0 Å². The minimum atomic E-state index is 0.570. The van der Waals surface area contributed by atoms with Crippen LogP contribution >= 0.6 is 0 Å². The molecule has 1 aromatic carbocycles. The summed E-state index contributed by atoms with van der Waals surface area (Å²) in [5.41, 5.74) is 7.80. The van der Waals surface area contributed by atoms with Crippen molar-refractivity contribution >= 4 is 0 Å². The van der Waals surface area contributed by atoms with Crippen LogP contribution in [0.4, 0.5) is 0 Å². The number of ether oxygens (including phenoxy) is 2. The van der Waals surface area contributed by atoms with E-state index in [1.165, 1.54) is 0 Å². The molecule has 0 unspecified atom stereocenters. The van der Waals surface area contributed by atoms with Crippen LogP contribution in [0.3, 0.4) is 0 Å². The first kappa shape index (κ1) is 12.0.